The van der Waals surface area contributed by atoms with Crippen molar-refractivity contribution in [2.45, 2.75) is 19.9 Å². The Kier molecular flexibility index (Phi) is 4.13. The lowest BCUT2D eigenvalue weighted by Crippen LogP contribution is -2.08. The number of hydrogen-bond acceptors (Lipinski definition) is 3. The summed E-state index contributed by atoms with van der Waals surface area (Å²) in [6, 6.07) is 9.66. The van der Waals surface area contributed by atoms with Crippen molar-refractivity contribution in [2.24, 2.45) is 0 Å². The molecule has 1 atom stereocenters. The number of anilines is 1. The van der Waals surface area contributed by atoms with Crippen LogP contribution in [0.4, 0.5) is 10.1 Å². The molecule has 2 aromatic rings. The van der Waals surface area contributed by atoms with Crippen LogP contribution >= 0.6 is 0 Å². The first-order valence-electron chi connectivity index (χ1n) is 6.41. The molecular weight excluding hydrogens is 257 g/mol. The zero-order chi connectivity index (χ0) is 14.7. The molecule has 4 heteroatoms. The van der Waals surface area contributed by atoms with Gasteiger partial charge in [0, 0.05) is 11.6 Å². The first-order valence-corrected chi connectivity index (χ1v) is 6.41. The van der Waals surface area contributed by atoms with E-state index < -0.39 is 5.82 Å². The van der Waals surface area contributed by atoms with Gasteiger partial charge in [-0.25, -0.2) is 4.39 Å². The van der Waals surface area contributed by atoms with Crippen LogP contribution in [-0.2, 0) is 0 Å². The summed E-state index contributed by atoms with van der Waals surface area (Å²) in [7, 11) is 1.61. The van der Waals surface area contributed by atoms with Crippen LogP contribution in [-0.4, -0.2) is 12.2 Å². The highest BCUT2D eigenvalue weighted by Gasteiger charge is 2.13. The molecule has 0 fully saturated rings. The molecule has 0 saturated carbocycles. The Morgan fingerprint density at radius 2 is 1.95 bits per heavy atom. The molecule has 1 unspecified atom stereocenters. The van der Waals surface area contributed by atoms with E-state index in [-0.39, 0.29) is 11.8 Å². The summed E-state index contributed by atoms with van der Waals surface area (Å²) < 4.78 is 18.3. The number of hydrogen-bond donors (Lipinski definition) is 2. The van der Waals surface area contributed by atoms with Crippen molar-refractivity contribution in [3.63, 3.8) is 0 Å². The fourth-order valence-electron chi connectivity index (χ4n) is 2.13. The van der Waals surface area contributed by atoms with E-state index in [4.69, 9.17) is 4.74 Å². The van der Waals surface area contributed by atoms with Gasteiger partial charge in [-0.2, -0.15) is 0 Å². The van der Waals surface area contributed by atoms with Crippen molar-refractivity contribution in [2.75, 3.05) is 12.4 Å². The fraction of sp³-hybridized carbons (Fsp3) is 0.250. The van der Waals surface area contributed by atoms with Gasteiger partial charge in [0.05, 0.1) is 18.8 Å². The minimum absolute atomic E-state index is 0.0587. The van der Waals surface area contributed by atoms with E-state index in [0.717, 1.165) is 23.1 Å². The molecule has 0 heterocycles. The summed E-state index contributed by atoms with van der Waals surface area (Å²) in [5, 5.41) is 13.1. The average molecular weight is 275 g/mol. The third-order valence-electron chi connectivity index (χ3n) is 3.19. The van der Waals surface area contributed by atoms with E-state index in [9.17, 15) is 9.50 Å². The van der Waals surface area contributed by atoms with Crippen LogP contribution in [0.25, 0.3) is 0 Å². The number of methoxy groups -OCH3 is 1. The second-order valence-electron chi connectivity index (χ2n) is 4.77. The number of phenols is 1. The summed E-state index contributed by atoms with van der Waals surface area (Å²) in [5.41, 5.74) is 2.57. The molecule has 0 amide bonds. The standard InChI is InChI=1S/C16H18FNO2/c1-10-4-7-16(20-3)14(8-10)18-11(2)13-6-5-12(17)9-15(13)19/h4-9,11,18-19H,1-3H3. The van der Waals surface area contributed by atoms with E-state index in [0.29, 0.717) is 5.56 Å². The van der Waals surface area contributed by atoms with Gasteiger partial charge >= 0.3 is 0 Å². The van der Waals surface area contributed by atoms with Crippen molar-refractivity contribution in [3.8, 4) is 11.5 Å². The lowest BCUT2D eigenvalue weighted by molar-refractivity contribution is 0.415. The zero-order valence-electron chi connectivity index (χ0n) is 11.8. The van der Waals surface area contributed by atoms with Gasteiger partial charge < -0.3 is 15.2 Å². The van der Waals surface area contributed by atoms with Crippen molar-refractivity contribution in [3.05, 3.63) is 53.3 Å². The smallest absolute Gasteiger partial charge is 0.141 e. The summed E-state index contributed by atoms with van der Waals surface area (Å²) >= 11 is 0. The number of halogens is 1. The van der Waals surface area contributed by atoms with Gasteiger partial charge in [-0.3, -0.25) is 0 Å². The topological polar surface area (TPSA) is 41.5 Å². The van der Waals surface area contributed by atoms with Gasteiger partial charge in [-0.15, -0.1) is 0 Å². The number of benzene rings is 2. The molecule has 0 aromatic heterocycles. The van der Waals surface area contributed by atoms with E-state index >= 15 is 0 Å². The maximum absolute atomic E-state index is 13.0. The molecule has 0 aliphatic rings. The predicted octanol–water partition coefficient (Wildman–Crippen LogP) is 4.02. The number of rotatable bonds is 4. The summed E-state index contributed by atoms with van der Waals surface area (Å²) in [5.74, 6) is 0.215. The number of aromatic hydroxyl groups is 1. The number of aryl methyl sites for hydroxylation is 1. The summed E-state index contributed by atoms with van der Waals surface area (Å²) in [4.78, 5) is 0. The van der Waals surface area contributed by atoms with Crippen LogP contribution in [0.3, 0.4) is 0 Å². The SMILES string of the molecule is COc1ccc(C)cc1NC(C)c1ccc(F)cc1O. The molecule has 0 aliphatic heterocycles. The molecule has 0 bridgehead atoms. The highest BCUT2D eigenvalue weighted by molar-refractivity contribution is 5.59. The van der Waals surface area contributed by atoms with Crippen LogP contribution in [0.1, 0.15) is 24.1 Å². The van der Waals surface area contributed by atoms with Crippen molar-refractivity contribution in [1.82, 2.24) is 0 Å². The maximum atomic E-state index is 13.0. The molecule has 0 radical (unpaired) electrons. The van der Waals surface area contributed by atoms with E-state index in [1.54, 1.807) is 13.2 Å². The average Bonchev–Trinajstić information content (AvgIpc) is 2.38. The molecule has 2 aromatic carbocycles. The molecule has 106 valence electrons. The Hall–Kier alpha value is -2.23. The molecule has 2 N–H and O–H groups in total. The number of phenolic OH excluding ortho intramolecular Hbond substituents is 1. The highest BCUT2D eigenvalue weighted by Crippen LogP contribution is 2.32. The van der Waals surface area contributed by atoms with Gasteiger partial charge in [0.25, 0.3) is 0 Å². The van der Waals surface area contributed by atoms with Crippen molar-refractivity contribution < 1.29 is 14.2 Å². The lowest BCUT2D eigenvalue weighted by Gasteiger charge is -2.19. The monoisotopic (exact) mass is 275 g/mol. The van der Waals surface area contributed by atoms with Crippen LogP contribution in [0, 0.1) is 12.7 Å². The van der Waals surface area contributed by atoms with Gasteiger partial charge in [0.2, 0.25) is 0 Å². The minimum Gasteiger partial charge on any atom is -0.507 e. The maximum Gasteiger partial charge on any atom is 0.141 e. The summed E-state index contributed by atoms with van der Waals surface area (Å²) in [6.45, 7) is 3.89. The van der Waals surface area contributed by atoms with Crippen LogP contribution in [0.5, 0.6) is 11.5 Å². The molecule has 2 rings (SSSR count). The van der Waals surface area contributed by atoms with Crippen LogP contribution < -0.4 is 10.1 Å². The molecule has 0 saturated heterocycles. The largest absolute Gasteiger partial charge is 0.507 e. The van der Waals surface area contributed by atoms with Gasteiger partial charge in [-0.05, 0) is 37.6 Å². The zero-order valence-corrected chi connectivity index (χ0v) is 11.8. The minimum atomic E-state index is -0.452. The second-order valence-corrected chi connectivity index (χ2v) is 4.77. The number of ether oxygens (including phenoxy) is 1. The van der Waals surface area contributed by atoms with E-state index in [1.165, 1.54) is 6.07 Å². The van der Waals surface area contributed by atoms with E-state index in [1.807, 2.05) is 32.0 Å². The van der Waals surface area contributed by atoms with Gasteiger partial charge in [0.1, 0.15) is 17.3 Å². The van der Waals surface area contributed by atoms with Gasteiger partial charge in [-0.1, -0.05) is 12.1 Å². The first kappa shape index (κ1) is 14.2. The Balaban J connectivity index is 2.27. The highest BCUT2D eigenvalue weighted by atomic mass is 19.1. The predicted molar refractivity (Wildman–Crippen MR) is 77.8 cm³/mol. The third kappa shape index (κ3) is 3.02. The Morgan fingerprint density at radius 3 is 2.60 bits per heavy atom. The second kappa shape index (κ2) is 5.82. The van der Waals surface area contributed by atoms with Gasteiger partial charge in [0.15, 0.2) is 0 Å². The van der Waals surface area contributed by atoms with E-state index in [2.05, 4.69) is 5.32 Å². The fourth-order valence-corrected chi connectivity index (χ4v) is 2.13. The normalized spacial score (nSPS) is 12.0. The molecule has 3 nitrogen and oxygen atoms in total. The lowest BCUT2D eigenvalue weighted by atomic mass is 10.1. The first-order chi connectivity index (χ1) is 9.51. The van der Waals surface area contributed by atoms with Crippen molar-refractivity contribution in [1.29, 1.82) is 0 Å². The molecule has 20 heavy (non-hydrogen) atoms. The Labute approximate surface area is 118 Å². The number of nitrogens with one attached hydrogen (secondary N) is 1. The van der Waals surface area contributed by atoms with Crippen molar-refractivity contribution >= 4 is 5.69 Å². The Morgan fingerprint density at radius 1 is 1.20 bits per heavy atom. The third-order valence-corrected chi connectivity index (χ3v) is 3.19. The molecule has 0 aliphatic carbocycles. The molecule has 0 spiro atoms. The molecular formula is C16H18FNO2. The van der Waals surface area contributed by atoms with Crippen LogP contribution in [0.15, 0.2) is 36.4 Å². The quantitative estimate of drug-likeness (QED) is 0.885. The van der Waals surface area contributed by atoms with Crippen LogP contribution in [0.2, 0.25) is 0 Å². The summed E-state index contributed by atoms with van der Waals surface area (Å²) in [6.07, 6.45) is 0. The Bertz CT molecular complexity index is 613.